The maximum atomic E-state index is 5.57. The number of rotatable bonds is 8. The Balaban J connectivity index is 4.38. The molecule has 0 bridgehead atoms. The third-order valence-corrected chi connectivity index (χ3v) is 4.00. The summed E-state index contributed by atoms with van der Waals surface area (Å²) in [5.74, 6) is 0. The van der Waals surface area contributed by atoms with Crippen molar-refractivity contribution >= 4 is 9.05 Å². The highest BCUT2D eigenvalue weighted by atomic mass is 28.4. The van der Waals surface area contributed by atoms with Gasteiger partial charge in [0.25, 0.3) is 0 Å². The molecule has 0 heterocycles. The standard InChI is InChI=1S/C9H20O4Si/c1-6-9(4)13-14(10-5,11-7-2)12-8-3/h6,9H,1,7-8H2,2-5H3. The van der Waals surface area contributed by atoms with Crippen molar-refractivity contribution in [3.05, 3.63) is 12.7 Å². The lowest BCUT2D eigenvalue weighted by molar-refractivity contribution is -0.0276. The van der Waals surface area contributed by atoms with Crippen molar-refractivity contribution in [2.75, 3.05) is 20.3 Å². The average molecular weight is 220 g/mol. The normalized spacial score (nSPS) is 14.0. The molecular weight excluding hydrogens is 200 g/mol. The topological polar surface area (TPSA) is 36.9 Å². The lowest BCUT2D eigenvalue weighted by Crippen LogP contribution is -2.50. The quantitative estimate of drug-likeness (QED) is 0.461. The first-order valence-corrected chi connectivity index (χ1v) is 6.40. The third-order valence-electron chi connectivity index (χ3n) is 1.55. The Bertz CT molecular complexity index is 157. The van der Waals surface area contributed by atoms with Crippen molar-refractivity contribution in [3.63, 3.8) is 0 Å². The molecule has 0 amide bonds. The van der Waals surface area contributed by atoms with Gasteiger partial charge in [-0.1, -0.05) is 6.08 Å². The van der Waals surface area contributed by atoms with Crippen LogP contribution in [0.15, 0.2) is 12.7 Å². The maximum absolute atomic E-state index is 5.57. The third kappa shape index (κ3) is 4.34. The Hall–Kier alpha value is -0.203. The van der Waals surface area contributed by atoms with Crippen molar-refractivity contribution in [2.24, 2.45) is 0 Å². The molecule has 0 aliphatic heterocycles. The summed E-state index contributed by atoms with van der Waals surface area (Å²) in [5.41, 5.74) is 0. The van der Waals surface area contributed by atoms with E-state index in [9.17, 15) is 0 Å². The zero-order valence-electron chi connectivity index (χ0n) is 9.41. The molecule has 4 nitrogen and oxygen atoms in total. The first kappa shape index (κ1) is 13.8. The van der Waals surface area contributed by atoms with Gasteiger partial charge >= 0.3 is 9.05 Å². The van der Waals surface area contributed by atoms with Gasteiger partial charge in [0, 0.05) is 20.3 Å². The highest BCUT2D eigenvalue weighted by Gasteiger charge is 2.45. The van der Waals surface area contributed by atoms with Crippen LogP contribution in [0.2, 0.25) is 0 Å². The molecule has 84 valence electrons. The molecule has 0 saturated carbocycles. The van der Waals surface area contributed by atoms with E-state index >= 15 is 0 Å². The minimum Gasteiger partial charge on any atom is -0.355 e. The fourth-order valence-electron chi connectivity index (χ4n) is 0.905. The predicted molar refractivity (Wildman–Crippen MR) is 56.8 cm³/mol. The molecule has 0 spiro atoms. The summed E-state index contributed by atoms with van der Waals surface area (Å²) in [5, 5.41) is 0. The minimum absolute atomic E-state index is 0.139. The van der Waals surface area contributed by atoms with Gasteiger partial charge < -0.3 is 17.7 Å². The molecule has 0 aromatic heterocycles. The van der Waals surface area contributed by atoms with Crippen LogP contribution in [0.1, 0.15) is 20.8 Å². The Morgan fingerprint density at radius 2 is 1.79 bits per heavy atom. The Labute approximate surface area is 87.3 Å². The maximum Gasteiger partial charge on any atom is 0.679 e. The van der Waals surface area contributed by atoms with Gasteiger partial charge in [0.1, 0.15) is 0 Å². The monoisotopic (exact) mass is 220 g/mol. The first-order chi connectivity index (χ1) is 6.64. The second-order valence-corrected chi connectivity index (χ2v) is 4.85. The zero-order valence-corrected chi connectivity index (χ0v) is 10.4. The molecule has 0 aromatic carbocycles. The molecule has 0 aliphatic rings. The van der Waals surface area contributed by atoms with Crippen LogP contribution in [0.5, 0.6) is 0 Å². The molecule has 0 rings (SSSR count). The molecule has 1 unspecified atom stereocenters. The van der Waals surface area contributed by atoms with Gasteiger partial charge in [-0.3, -0.25) is 0 Å². The molecule has 0 saturated heterocycles. The zero-order chi connectivity index (χ0) is 11.0. The van der Waals surface area contributed by atoms with Gasteiger partial charge in [0.05, 0.1) is 6.10 Å². The largest absolute Gasteiger partial charge is 0.679 e. The minimum atomic E-state index is -2.92. The lowest BCUT2D eigenvalue weighted by atomic mass is 10.4. The van der Waals surface area contributed by atoms with Crippen LogP contribution in [-0.2, 0) is 17.7 Å². The van der Waals surface area contributed by atoms with E-state index < -0.39 is 9.05 Å². The average Bonchev–Trinajstić information content (AvgIpc) is 2.18. The SMILES string of the molecule is C=CC(C)O[Si](OC)(OCC)OCC. The van der Waals surface area contributed by atoms with Gasteiger partial charge in [-0.15, -0.1) is 6.58 Å². The van der Waals surface area contributed by atoms with E-state index in [0.717, 1.165) is 0 Å². The summed E-state index contributed by atoms with van der Waals surface area (Å²) < 4.78 is 21.6. The van der Waals surface area contributed by atoms with E-state index in [-0.39, 0.29) is 6.10 Å². The van der Waals surface area contributed by atoms with Crippen LogP contribution in [0.3, 0.4) is 0 Å². The van der Waals surface area contributed by atoms with Crippen molar-refractivity contribution in [2.45, 2.75) is 26.9 Å². The second-order valence-electron chi connectivity index (χ2n) is 2.63. The van der Waals surface area contributed by atoms with Gasteiger partial charge in [-0.05, 0) is 20.8 Å². The van der Waals surface area contributed by atoms with E-state index in [1.165, 1.54) is 7.11 Å². The van der Waals surface area contributed by atoms with E-state index in [2.05, 4.69) is 6.58 Å². The Kier molecular flexibility index (Phi) is 7.03. The fourth-order valence-corrected chi connectivity index (χ4v) is 2.72. The van der Waals surface area contributed by atoms with Crippen LogP contribution in [0, 0.1) is 0 Å². The van der Waals surface area contributed by atoms with E-state index in [0.29, 0.717) is 13.2 Å². The molecule has 0 fully saturated rings. The first-order valence-electron chi connectivity index (χ1n) is 4.77. The molecule has 0 N–H and O–H groups in total. The molecule has 0 aromatic rings. The highest BCUT2D eigenvalue weighted by Crippen LogP contribution is 2.13. The van der Waals surface area contributed by atoms with Crippen molar-refractivity contribution in [1.82, 2.24) is 0 Å². The number of hydrogen-bond donors (Lipinski definition) is 0. The predicted octanol–water partition coefficient (Wildman–Crippen LogP) is 1.73. The summed E-state index contributed by atoms with van der Waals surface area (Å²) in [6, 6.07) is 0. The Morgan fingerprint density at radius 1 is 1.29 bits per heavy atom. The van der Waals surface area contributed by atoms with E-state index in [1.807, 2.05) is 20.8 Å². The summed E-state index contributed by atoms with van der Waals surface area (Å²) in [4.78, 5) is 0. The van der Waals surface area contributed by atoms with Crippen LogP contribution >= 0.6 is 0 Å². The smallest absolute Gasteiger partial charge is 0.355 e. The molecule has 14 heavy (non-hydrogen) atoms. The molecule has 0 aliphatic carbocycles. The van der Waals surface area contributed by atoms with Crippen molar-refractivity contribution < 1.29 is 17.7 Å². The van der Waals surface area contributed by atoms with Crippen LogP contribution in [0.4, 0.5) is 0 Å². The van der Waals surface area contributed by atoms with Crippen LogP contribution in [0.25, 0.3) is 0 Å². The van der Waals surface area contributed by atoms with E-state index in [1.54, 1.807) is 6.08 Å². The van der Waals surface area contributed by atoms with Crippen molar-refractivity contribution in [1.29, 1.82) is 0 Å². The van der Waals surface area contributed by atoms with Gasteiger partial charge in [-0.25, -0.2) is 0 Å². The molecular formula is C9H20O4Si. The van der Waals surface area contributed by atoms with E-state index in [4.69, 9.17) is 17.7 Å². The van der Waals surface area contributed by atoms with Gasteiger partial charge in [-0.2, -0.15) is 0 Å². The summed E-state index contributed by atoms with van der Waals surface area (Å²) in [7, 11) is -1.39. The molecule has 0 radical (unpaired) electrons. The van der Waals surface area contributed by atoms with Crippen LogP contribution in [-0.4, -0.2) is 35.5 Å². The fraction of sp³-hybridized carbons (Fsp3) is 0.778. The van der Waals surface area contributed by atoms with Crippen LogP contribution < -0.4 is 0 Å². The summed E-state index contributed by atoms with van der Waals surface area (Å²) >= 11 is 0. The second kappa shape index (κ2) is 7.14. The van der Waals surface area contributed by atoms with Crippen molar-refractivity contribution in [3.8, 4) is 0 Å². The Morgan fingerprint density at radius 3 is 2.07 bits per heavy atom. The summed E-state index contributed by atoms with van der Waals surface area (Å²) in [6.07, 6.45) is 1.54. The molecule has 5 heteroatoms. The van der Waals surface area contributed by atoms with Gasteiger partial charge in [0.15, 0.2) is 0 Å². The number of hydrogen-bond acceptors (Lipinski definition) is 4. The lowest BCUT2D eigenvalue weighted by Gasteiger charge is -2.27. The summed E-state index contributed by atoms with van der Waals surface area (Å²) in [6.45, 7) is 10.3. The van der Waals surface area contributed by atoms with Gasteiger partial charge in [0.2, 0.25) is 0 Å². The molecule has 1 atom stereocenters. The highest BCUT2D eigenvalue weighted by molar-refractivity contribution is 6.53.